The molecule has 6 heteroatoms. The molecule has 0 aliphatic rings. The Hall–Kier alpha value is -1.37. The van der Waals surface area contributed by atoms with E-state index in [1.54, 1.807) is 0 Å². The van der Waals surface area contributed by atoms with Gasteiger partial charge in [-0.1, -0.05) is 6.07 Å². The average molecular weight is 312 g/mol. The molecule has 0 saturated carbocycles. The third-order valence-corrected chi connectivity index (χ3v) is 3.07. The van der Waals surface area contributed by atoms with Crippen molar-refractivity contribution in [3.8, 4) is 0 Å². The molecule has 110 valence electrons. The first-order valence-corrected chi connectivity index (χ1v) is 6.69. The van der Waals surface area contributed by atoms with E-state index in [1.165, 1.54) is 0 Å². The number of benzene rings is 1. The summed E-state index contributed by atoms with van der Waals surface area (Å²) in [6, 6.07) is 2.53. The summed E-state index contributed by atoms with van der Waals surface area (Å²) in [5.41, 5.74) is -5.28. The van der Waals surface area contributed by atoms with E-state index in [0.717, 1.165) is 18.2 Å². The van der Waals surface area contributed by atoms with Crippen molar-refractivity contribution in [2.24, 2.45) is 0 Å². The lowest BCUT2D eigenvalue weighted by molar-refractivity contribution is 0.414. The monoisotopic (exact) mass is 311 g/mol. The van der Waals surface area contributed by atoms with Gasteiger partial charge in [0, 0.05) is 41.4 Å². The molecule has 2 rings (SSSR count). The molecule has 0 spiro atoms. The Kier molecular flexibility index (Phi) is 1.36. The van der Waals surface area contributed by atoms with Crippen LogP contribution in [0.5, 0.6) is 0 Å². The van der Waals surface area contributed by atoms with Gasteiger partial charge < -0.3 is 9.88 Å². The van der Waals surface area contributed by atoms with E-state index in [-0.39, 0.29) is 10.4 Å². The highest BCUT2D eigenvalue weighted by Gasteiger charge is 2.11. The van der Waals surface area contributed by atoms with Crippen LogP contribution in [0.25, 0.3) is 10.9 Å². The Morgan fingerprint density at radius 1 is 1.60 bits per heavy atom. The van der Waals surface area contributed by atoms with E-state index in [2.05, 4.69) is 0 Å². The molecule has 2 aromatic rings. The lowest BCUT2D eigenvalue weighted by atomic mass is 10.1. The predicted molar refractivity (Wildman–Crippen MR) is 82.2 cm³/mol. The molecule has 0 radical (unpaired) electrons. The second-order valence-corrected chi connectivity index (χ2v) is 5.10. The molecule has 0 aliphatic carbocycles. The summed E-state index contributed by atoms with van der Waals surface area (Å²) in [4.78, 5) is 0.291. The smallest absolute Gasteiger partial charge is 0.215 e. The molecule has 2 N–H and O–H groups in total. The second kappa shape index (κ2) is 5.95. The minimum atomic E-state index is -5.51. The standard InChI is InChI=1S/C14H21N3O2S/c1-15-20(18,19)10-11-4-5-14-13(8-11)12(9-16-14)6-7-17(2)3/h4-5,8-9,15-16H,6-7,10H2,1-3H3/i1D3,2D3,3D3,6D2,9D,10D2/hD2. The normalized spacial score (nSPS) is 27.7. The number of fused-ring (bicyclic) bond motifs is 1. The summed E-state index contributed by atoms with van der Waals surface area (Å²) < 4.78 is 147. The Morgan fingerprint density at radius 3 is 3.20 bits per heavy atom. The van der Waals surface area contributed by atoms with Crippen LogP contribution in [0.2, 0.25) is 2.82 Å². The maximum Gasteiger partial charge on any atom is 0.215 e. The number of H-pyrrole nitrogens is 1. The van der Waals surface area contributed by atoms with Crippen LogP contribution < -0.4 is 4.72 Å². The van der Waals surface area contributed by atoms with Crippen LogP contribution >= 0.6 is 0 Å². The number of hydrogen-bond acceptors (Lipinski definition) is 3. The summed E-state index contributed by atoms with van der Waals surface area (Å²) in [6.45, 7) is -11.4. The minimum absolute atomic E-state index is 0.103. The van der Waals surface area contributed by atoms with Gasteiger partial charge in [0.1, 0.15) is 1.41 Å². The van der Waals surface area contributed by atoms with E-state index < -0.39 is 77.0 Å². The summed E-state index contributed by atoms with van der Waals surface area (Å²) in [6.07, 6.45) is -3.79. The number of aromatic nitrogens is 1. The molecule has 0 aliphatic heterocycles. The molecule has 1 heterocycles. The van der Waals surface area contributed by atoms with E-state index >= 15 is 0 Å². The highest BCUT2D eigenvalue weighted by molar-refractivity contribution is 7.88. The first-order valence-electron chi connectivity index (χ1n) is 13.1. The highest BCUT2D eigenvalue weighted by atomic mass is 32.2. The number of likely N-dealkylation sites (N-methyl/N-ethyl adjacent to an activating group) is 1. The predicted octanol–water partition coefficient (Wildman–Crippen LogP) is 1.32. The van der Waals surface area contributed by atoms with Crippen molar-refractivity contribution in [2.75, 3.05) is 27.5 Å². The fraction of sp³-hybridized carbons (Fsp3) is 0.429. The van der Waals surface area contributed by atoms with Crippen molar-refractivity contribution in [1.29, 1.82) is 0 Å². The van der Waals surface area contributed by atoms with Crippen molar-refractivity contribution in [3.05, 3.63) is 35.5 Å². The number of rotatable bonds is 6. The Labute approximate surface area is 142 Å². The van der Waals surface area contributed by atoms with E-state index in [9.17, 15) is 8.42 Å². The Bertz CT molecular complexity index is 1230. The van der Waals surface area contributed by atoms with Gasteiger partial charge in [-0.25, -0.2) is 13.1 Å². The zero-order valence-corrected chi connectivity index (χ0v) is 10.8. The minimum Gasteiger partial charge on any atom is -0.361 e. The molecule has 20 heavy (non-hydrogen) atoms. The molecule has 0 fully saturated rings. The van der Waals surface area contributed by atoms with Gasteiger partial charge in [0.15, 0.2) is 1.41 Å². The van der Waals surface area contributed by atoms with Crippen molar-refractivity contribution >= 4 is 20.9 Å². The number of hydrogen-bond donors (Lipinski definition) is 2. The molecular formula is C14H21N3O2S. The van der Waals surface area contributed by atoms with Gasteiger partial charge in [0.25, 0.3) is 0 Å². The molecule has 0 atom stereocenters. The number of nitrogens with zero attached hydrogens (tertiary/aromatic N) is 1. The molecule has 1 aromatic carbocycles. The van der Waals surface area contributed by atoms with E-state index in [1.807, 2.05) is 0 Å². The molecule has 0 saturated heterocycles. The molecular weight excluding hydrogens is 274 g/mol. The topological polar surface area (TPSA) is 65.2 Å². The van der Waals surface area contributed by atoms with E-state index in [0.29, 0.717) is 4.98 Å². The van der Waals surface area contributed by atoms with Crippen LogP contribution in [0.15, 0.2) is 24.4 Å². The van der Waals surface area contributed by atoms with Crippen LogP contribution in [0, 0.1) is 0 Å². The van der Waals surface area contributed by atoms with Gasteiger partial charge in [0.2, 0.25) is 10.0 Å². The lowest BCUT2D eigenvalue weighted by Crippen LogP contribution is -2.20. The summed E-state index contributed by atoms with van der Waals surface area (Å²) >= 11 is 0. The van der Waals surface area contributed by atoms with Crippen molar-refractivity contribution in [3.63, 3.8) is 0 Å². The molecule has 0 bridgehead atoms. The number of nitrogens with one attached hydrogen (secondary N) is 2. The number of sulfonamides is 1. The van der Waals surface area contributed by atoms with Crippen molar-refractivity contribution < 1.29 is 30.4 Å². The third kappa shape index (κ3) is 3.59. The molecule has 0 amide bonds. The molecule has 5 nitrogen and oxygen atoms in total. The van der Waals surface area contributed by atoms with Gasteiger partial charge in [0.05, 0.1) is 7.08 Å². The quantitative estimate of drug-likeness (QED) is 0.845. The van der Waals surface area contributed by atoms with Crippen molar-refractivity contribution in [2.45, 2.75) is 12.1 Å². The zero-order valence-electron chi connectivity index (χ0n) is 26.0. The summed E-state index contributed by atoms with van der Waals surface area (Å²) in [5.74, 6) is 0. The van der Waals surface area contributed by atoms with Crippen LogP contribution in [-0.4, -0.2) is 45.8 Å². The summed E-state index contributed by atoms with van der Waals surface area (Å²) in [5, 5.41) is -0.418. The summed E-state index contributed by atoms with van der Waals surface area (Å²) in [7, 11) is -5.51. The fourth-order valence-electron chi connectivity index (χ4n) is 1.54. The van der Waals surface area contributed by atoms with Crippen LogP contribution in [-0.2, 0) is 22.1 Å². The second-order valence-electron chi connectivity index (χ2n) is 3.76. The van der Waals surface area contributed by atoms with Crippen LogP contribution in [0.4, 0.5) is 0 Å². The zero-order chi connectivity index (χ0) is 28.4. The van der Waals surface area contributed by atoms with Gasteiger partial charge in [-0.2, -0.15) is 0 Å². The first kappa shape index (κ1) is 4.56. The molecule has 0 unspecified atom stereocenters. The lowest BCUT2D eigenvalue weighted by Gasteiger charge is -2.08. The molecule has 1 aromatic heterocycles. The van der Waals surface area contributed by atoms with Crippen LogP contribution in [0.3, 0.4) is 0 Å². The van der Waals surface area contributed by atoms with Gasteiger partial charge in [-0.3, -0.25) is 0 Å². The van der Waals surface area contributed by atoms with Gasteiger partial charge in [-0.15, -0.1) is 0 Å². The third-order valence-electron chi connectivity index (χ3n) is 2.34. The SMILES string of the molecule is [2H]c1c(C([2H])([2H])CN(C([2H])([2H])[2H])C([2H])([2H])[2H])c2cc(C([2H])([2H])S(=O)(=O)N([2H])C([2H])([2H])[2H])ccc2n1[2H]. The maximum absolute atomic E-state index is 12.6. The average Bonchev–Trinajstić information content (AvgIpc) is 2.93. The van der Waals surface area contributed by atoms with Gasteiger partial charge in [-0.05, 0) is 50.6 Å². The number of aromatic amines is 1. The Balaban J connectivity index is 2.77. The van der Waals surface area contributed by atoms with E-state index in [4.69, 9.17) is 22.0 Å². The van der Waals surface area contributed by atoms with Crippen molar-refractivity contribution in [1.82, 2.24) is 14.6 Å². The van der Waals surface area contributed by atoms with Gasteiger partial charge >= 0.3 is 0 Å². The Morgan fingerprint density at radius 2 is 2.45 bits per heavy atom. The fourth-order valence-corrected chi connectivity index (χ4v) is 2.01. The first-order chi connectivity index (χ1) is 15.8. The maximum atomic E-state index is 12.6. The van der Waals surface area contributed by atoms with Crippen LogP contribution in [0.1, 0.15) is 30.3 Å². The highest BCUT2D eigenvalue weighted by Crippen LogP contribution is 2.21. The largest absolute Gasteiger partial charge is 0.361 e.